The van der Waals surface area contributed by atoms with Crippen LogP contribution in [0.4, 0.5) is 10.5 Å². The Balaban J connectivity index is 1.88. The SMILES string of the molecule is CSC1(CNC(=O)Nc2cncc(C(=O)O)c2)CC1. The number of nitrogens with zero attached hydrogens (tertiary/aromatic N) is 1. The first-order chi connectivity index (χ1) is 9.04. The van der Waals surface area contributed by atoms with Crippen molar-refractivity contribution in [2.75, 3.05) is 18.1 Å². The highest BCUT2D eigenvalue weighted by Gasteiger charge is 2.41. The van der Waals surface area contributed by atoms with Crippen LogP contribution < -0.4 is 10.6 Å². The minimum absolute atomic E-state index is 0.0422. The lowest BCUT2D eigenvalue weighted by molar-refractivity contribution is 0.0696. The van der Waals surface area contributed by atoms with Crippen LogP contribution in [-0.4, -0.2) is 39.6 Å². The summed E-state index contributed by atoms with van der Waals surface area (Å²) < 4.78 is 0.193. The molecule has 1 heterocycles. The quantitative estimate of drug-likeness (QED) is 0.765. The molecule has 19 heavy (non-hydrogen) atoms. The van der Waals surface area contributed by atoms with E-state index in [0.717, 1.165) is 12.8 Å². The topological polar surface area (TPSA) is 91.3 Å². The van der Waals surface area contributed by atoms with Gasteiger partial charge in [0, 0.05) is 17.5 Å². The Morgan fingerprint density at radius 3 is 2.79 bits per heavy atom. The predicted octanol–water partition coefficient (Wildman–Crippen LogP) is 1.80. The molecule has 0 spiro atoms. The van der Waals surface area contributed by atoms with Crippen LogP contribution in [0.1, 0.15) is 23.2 Å². The normalized spacial score (nSPS) is 15.6. The molecule has 0 radical (unpaired) electrons. The molecule has 0 atom stereocenters. The number of hydrogen-bond acceptors (Lipinski definition) is 4. The van der Waals surface area contributed by atoms with Gasteiger partial charge in [-0.05, 0) is 25.2 Å². The number of carbonyl (C=O) groups is 2. The van der Waals surface area contributed by atoms with Crippen molar-refractivity contribution in [3.8, 4) is 0 Å². The largest absolute Gasteiger partial charge is 0.478 e. The number of hydrogen-bond donors (Lipinski definition) is 3. The number of carbonyl (C=O) groups excluding carboxylic acids is 1. The molecule has 1 aromatic rings. The van der Waals surface area contributed by atoms with Gasteiger partial charge in [0.05, 0.1) is 17.4 Å². The zero-order valence-electron chi connectivity index (χ0n) is 10.5. The lowest BCUT2D eigenvalue weighted by atomic mass is 10.2. The monoisotopic (exact) mass is 281 g/mol. The minimum Gasteiger partial charge on any atom is -0.478 e. The average molecular weight is 281 g/mol. The van der Waals surface area contributed by atoms with Gasteiger partial charge in [-0.15, -0.1) is 0 Å². The van der Waals surface area contributed by atoms with Crippen LogP contribution in [0.25, 0.3) is 0 Å². The van der Waals surface area contributed by atoms with Gasteiger partial charge < -0.3 is 15.7 Å². The highest BCUT2D eigenvalue weighted by molar-refractivity contribution is 8.00. The van der Waals surface area contributed by atoms with Gasteiger partial charge in [0.25, 0.3) is 0 Å². The number of urea groups is 1. The molecule has 0 bridgehead atoms. The van der Waals surface area contributed by atoms with Crippen molar-refractivity contribution < 1.29 is 14.7 Å². The molecule has 0 aliphatic heterocycles. The van der Waals surface area contributed by atoms with Crippen LogP contribution in [0.3, 0.4) is 0 Å². The fraction of sp³-hybridized carbons (Fsp3) is 0.417. The smallest absolute Gasteiger partial charge is 0.337 e. The average Bonchev–Trinajstić information content (AvgIpc) is 3.17. The third-order valence-corrected chi connectivity index (χ3v) is 4.47. The van der Waals surface area contributed by atoms with Gasteiger partial charge in [-0.1, -0.05) is 0 Å². The first kappa shape index (κ1) is 13.7. The summed E-state index contributed by atoms with van der Waals surface area (Å²) in [5.74, 6) is -1.07. The number of anilines is 1. The van der Waals surface area contributed by atoms with E-state index >= 15 is 0 Å². The summed E-state index contributed by atoms with van der Waals surface area (Å²) in [7, 11) is 0. The number of carboxylic acid groups (broad SMARTS) is 1. The highest BCUT2D eigenvalue weighted by Crippen LogP contribution is 2.46. The zero-order valence-corrected chi connectivity index (χ0v) is 11.3. The number of aromatic carboxylic acids is 1. The van der Waals surface area contributed by atoms with E-state index in [9.17, 15) is 9.59 Å². The Kier molecular flexibility index (Phi) is 3.94. The molecule has 2 rings (SSSR count). The van der Waals surface area contributed by atoms with E-state index in [0.29, 0.717) is 12.2 Å². The van der Waals surface area contributed by atoms with E-state index in [1.807, 2.05) is 6.26 Å². The number of rotatable bonds is 5. The van der Waals surface area contributed by atoms with Gasteiger partial charge in [-0.3, -0.25) is 4.98 Å². The molecule has 1 aromatic heterocycles. The molecule has 1 aliphatic carbocycles. The van der Waals surface area contributed by atoms with Crippen molar-refractivity contribution >= 4 is 29.4 Å². The molecule has 0 aromatic carbocycles. The second-order valence-corrected chi connectivity index (χ2v) is 5.74. The van der Waals surface area contributed by atoms with Crippen molar-refractivity contribution in [2.45, 2.75) is 17.6 Å². The molecule has 1 saturated carbocycles. The lowest BCUT2D eigenvalue weighted by Crippen LogP contribution is -2.35. The van der Waals surface area contributed by atoms with Crippen LogP contribution in [0.5, 0.6) is 0 Å². The first-order valence-electron chi connectivity index (χ1n) is 5.83. The third kappa shape index (κ3) is 3.60. The summed E-state index contributed by atoms with van der Waals surface area (Å²) in [6, 6.07) is 1.03. The number of thioether (sulfide) groups is 1. The third-order valence-electron chi connectivity index (χ3n) is 3.05. The van der Waals surface area contributed by atoms with Crippen molar-refractivity contribution in [1.82, 2.24) is 10.3 Å². The molecule has 7 heteroatoms. The fourth-order valence-electron chi connectivity index (χ4n) is 1.63. The first-order valence-corrected chi connectivity index (χ1v) is 7.05. The van der Waals surface area contributed by atoms with Crippen LogP contribution in [0.2, 0.25) is 0 Å². The summed E-state index contributed by atoms with van der Waals surface area (Å²) in [6.45, 7) is 0.617. The van der Waals surface area contributed by atoms with Crippen LogP contribution in [0, 0.1) is 0 Å². The molecular formula is C12H15N3O3S. The van der Waals surface area contributed by atoms with E-state index < -0.39 is 5.97 Å². The van der Waals surface area contributed by atoms with Crippen molar-refractivity contribution in [3.05, 3.63) is 24.0 Å². The summed E-state index contributed by atoms with van der Waals surface area (Å²) in [5.41, 5.74) is 0.409. The Labute approximate surface area is 115 Å². The van der Waals surface area contributed by atoms with Gasteiger partial charge in [0.15, 0.2) is 0 Å². The van der Waals surface area contributed by atoms with Crippen molar-refractivity contribution in [2.24, 2.45) is 0 Å². The van der Waals surface area contributed by atoms with Crippen LogP contribution in [0.15, 0.2) is 18.5 Å². The van der Waals surface area contributed by atoms with E-state index in [1.165, 1.54) is 18.5 Å². The Morgan fingerprint density at radius 2 is 2.21 bits per heavy atom. The summed E-state index contributed by atoms with van der Waals surface area (Å²) in [6.07, 6.45) is 6.91. The summed E-state index contributed by atoms with van der Waals surface area (Å²) >= 11 is 1.76. The number of pyridine rings is 1. The van der Waals surface area contributed by atoms with Crippen LogP contribution in [-0.2, 0) is 0 Å². The van der Waals surface area contributed by atoms with Crippen molar-refractivity contribution in [1.29, 1.82) is 0 Å². The van der Waals surface area contributed by atoms with Crippen molar-refractivity contribution in [3.63, 3.8) is 0 Å². The fourth-order valence-corrected chi connectivity index (χ4v) is 2.36. The van der Waals surface area contributed by atoms with E-state index in [-0.39, 0.29) is 16.3 Å². The molecule has 0 saturated heterocycles. The maximum atomic E-state index is 11.7. The predicted molar refractivity (Wildman–Crippen MR) is 73.7 cm³/mol. The number of carboxylic acids is 1. The molecule has 2 amide bonds. The molecule has 6 nitrogen and oxygen atoms in total. The Bertz CT molecular complexity index is 503. The van der Waals surface area contributed by atoms with E-state index in [4.69, 9.17) is 5.11 Å². The number of amides is 2. The van der Waals surface area contributed by atoms with E-state index in [1.54, 1.807) is 11.8 Å². The molecule has 3 N–H and O–H groups in total. The van der Waals surface area contributed by atoms with Gasteiger partial charge in [0.1, 0.15) is 0 Å². The zero-order chi connectivity index (χ0) is 13.9. The minimum atomic E-state index is -1.07. The second-order valence-electron chi connectivity index (χ2n) is 4.46. The van der Waals surface area contributed by atoms with Gasteiger partial charge in [-0.2, -0.15) is 11.8 Å². The maximum Gasteiger partial charge on any atom is 0.337 e. The molecule has 102 valence electrons. The van der Waals surface area contributed by atoms with Gasteiger partial charge in [0.2, 0.25) is 0 Å². The van der Waals surface area contributed by atoms with Gasteiger partial charge >= 0.3 is 12.0 Å². The number of nitrogens with one attached hydrogen (secondary N) is 2. The number of aromatic nitrogens is 1. The second kappa shape index (κ2) is 5.48. The lowest BCUT2D eigenvalue weighted by Gasteiger charge is -2.13. The Morgan fingerprint density at radius 1 is 1.47 bits per heavy atom. The molecular weight excluding hydrogens is 266 g/mol. The van der Waals surface area contributed by atoms with Crippen LogP contribution >= 0.6 is 11.8 Å². The standard InChI is InChI=1S/C12H15N3O3S/c1-19-12(2-3-12)7-14-11(18)15-9-4-8(10(16)17)5-13-6-9/h4-6H,2-3,7H2,1H3,(H,16,17)(H2,14,15,18). The molecule has 1 aliphatic rings. The summed E-state index contributed by atoms with van der Waals surface area (Å²) in [4.78, 5) is 26.2. The highest BCUT2D eigenvalue weighted by atomic mass is 32.2. The molecule has 1 fully saturated rings. The Hall–Kier alpha value is -1.76. The van der Waals surface area contributed by atoms with E-state index in [2.05, 4.69) is 15.6 Å². The molecule has 0 unspecified atom stereocenters. The van der Waals surface area contributed by atoms with Gasteiger partial charge in [-0.25, -0.2) is 9.59 Å². The maximum absolute atomic E-state index is 11.7. The summed E-state index contributed by atoms with van der Waals surface area (Å²) in [5, 5.41) is 14.2.